The van der Waals surface area contributed by atoms with Crippen molar-refractivity contribution in [2.75, 3.05) is 46.4 Å². The van der Waals surface area contributed by atoms with Gasteiger partial charge in [-0.05, 0) is 5.92 Å². The van der Waals surface area contributed by atoms with E-state index in [0.717, 1.165) is 25.9 Å². The molecule has 7 nitrogen and oxygen atoms in total. The summed E-state index contributed by atoms with van der Waals surface area (Å²) in [5.41, 5.74) is 0. The summed E-state index contributed by atoms with van der Waals surface area (Å²) in [6.07, 6.45) is 2.23. The largest absolute Gasteiger partial charge is 0.379 e. The fourth-order valence-corrected chi connectivity index (χ4v) is 3.90. The number of hydrogen-bond donors (Lipinski definition) is 1. The van der Waals surface area contributed by atoms with E-state index in [0.29, 0.717) is 25.7 Å². The van der Waals surface area contributed by atoms with Crippen molar-refractivity contribution in [1.82, 2.24) is 13.9 Å². The normalized spacial score (nSPS) is 18.3. The molecule has 0 spiro atoms. The topological polar surface area (TPSA) is 85.7 Å². The van der Waals surface area contributed by atoms with Crippen LogP contribution in [-0.4, -0.2) is 70.1 Å². The van der Waals surface area contributed by atoms with Gasteiger partial charge in [-0.3, -0.25) is 4.90 Å². The van der Waals surface area contributed by atoms with E-state index in [1.807, 2.05) is 6.07 Å². The molecule has 1 rings (SSSR count). The molecule has 1 atom stereocenters. The minimum atomic E-state index is -3.54. The third-order valence-corrected chi connectivity index (χ3v) is 6.07. The van der Waals surface area contributed by atoms with Gasteiger partial charge in [0.25, 0.3) is 10.2 Å². The predicted molar refractivity (Wildman–Crippen MR) is 90.0 cm³/mol. The Kier molecular flexibility index (Phi) is 9.02. The molecule has 0 aromatic heterocycles. The van der Waals surface area contributed by atoms with Gasteiger partial charge in [-0.25, -0.2) is 4.72 Å². The lowest BCUT2D eigenvalue weighted by Gasteiger charge is -2.39. The summed E-state index contributed by atoms with van der Waals surface area (Å²) in [5, 5.41) is 8.60. The van der Waals surface area contributed by atoms with Crippen LogP contribution in [0.4, 0.5) is 0 Å². The van der Waals surface area contributed by atoms with E-state index < -0.39 is 10.2 Å². The van der Waals surface area contributed by atoms with Gasteiger partial charge >= 0.3 is 0 Å². The average molecular weight is 346 g/mol. The zero-order valence-electron chi connectivity index (χ0n) is 14.5. The van der Waals surface area contributed by atoms with Crippen LogP contribution in [-0.2, 0) is 14.9 Å². The van der Waals surface area contributed by atoms with Gasteiger partial charge in [0.15, 0.2) is 0 Å². The number of hydrogen-bond acceptors (Lipinski definition) is 5. The second-order valence-electron chi connectivity index (χ2n) is 5.88. The number of rotatable bonds is 10. The molecule has 1 aliphatic rings. The highest BCUT2D eigenvalue weighted by atomic mass is 32.2. The van der Waals surface area contributed by atoms with Crippen molar-refractivity contribution >= 4 is 10.2 Å². The molecule has 1 saturated heterocycles. The van der Waals surface area contributed by atoms with E-state index in [9.17, 15) is 8.42 Å². The third-order valence-electron chi connectivity index (χ3n) is 4.53. The fraction of sp³-hybridized carbons (Fsp3) is 0.933. The summed E-state index contributed by atoms with van der Waals surface area (Å²) < 4.78 is 33.9. The van der Waals surface area contributed by atoms with Crippen molar-refractivity contribution in [1.29, 1.82) is 5.26 Å². The molecular formula is C15H30N4O3S. The van der Waals surface area contributed by atoms with Gasteiger partial charge in [0.1, 0.15) is 0 Å². The predicted octanol–water partition coefficient (Wildman–Crippen LogP) is 0.803. The first-order chi connectivity index (χ1) is 11.0. The number of nitrogens with one attached hydrogen (secondary N) is 1. The molecule has 1 N–H and O–H groups in total. The molecule has 0 aromatic rings. The molecule has 0 aromatic carbocycles. The Bertz CT molecular complexity index is 468. The standard InChI is InChI=1S/C15H30N4O3S/c1-4-14(5-2)15(19-9-11-22-12-10-19)13-17-23(20,21)18(3)8-6-7-16/h14-15,17H,4-6,8-13H2,1-3H3. The van der Waals surface area contributed by atoms with Gasteiger partial charge in [-0.1, -0.05) is 26.7 Å². The molecule has 8 heteroatoms. The fourth-order valence-electron chi connectivity index (χ4n) is 2.96. The van der Waals surface area contributed by atoms with Crippen molar-refractivity contribution in [3.05, 3.63) is 0 Å². The summed E-state index contributed by atoms with van der Waals surface area (Å²) in [6, 6.07) is 2.14. The second-order valence-corrected chi connectivity index (χ2v) is 7.74. The lowest BCUT2D eigenvalue weighted by Crippen LogP contribution is -2.53. The third kappa shape index (κ3) is 6.36. The minimum absolute atomic E-state index is 0.174. The summed E-state index contributed by atoms with van der Waals surface area (Å²) in [5.74, 6) is 0.445. The number of nitriles is 1. The number of nitrogens with zero attached hydrogens (tertiary/aromatic N) is 3. The molecule has 1 fully saturated rings. The van der Waals surface area contributed by atoms with Crippen LogP contribution in [0.15, 0.2) is 0 Å². The molecular weight excluding hydrogens is 316 g/mol. The minimum Gasteiger partial charge on any atom is -0.379 e. The highest BCUT2D eigenvalue weighted by molar-refractivity contribution is 7.87. The molecule has 0 saturated carbocycles. The smallest absolute Gasteiger partial charge is 0.279 e. The van der Waals surface area contributed by atoms with Crippen molar-refractivity contribution in [3.63, 3.8) is 0 Å². The molecule has 1 heterocycles. The van der Waals surface area contributed by atoms with Crippen LogP contribution in [0.25, 0.3) is 0 Å². The van der Waals surface area contributed by atoms with Gasteiger partial charge in [-0.2, -0.15) is 18.0 Å². The van der Waals surface area contributed by atoms with Crippen LogP contribution in [0, 0.1) is 17.2 Å². The quantitative estimate of drug-likeness (QED) is 0.632. The maximum Gasteiger partial charge on any atom is 0.279 e. The Hall–Kier alpha value is -0.720. The molecule has 1 aliphatic heterocycles. The molecule has 0 radical (unpaired) electrons. The Morgan fingerprint density at radius 1 is 1.30 bits per heavy atom. The first-order valence-corrected chi connectivity index (χ1v) is 9.79. The Labute approximate surface area is 140 Å². The van der Waals surface area contributed by atoms with E-state index in [4.69, 9.17) is 10.00 Å². The van der Waals surface area contributed by atoms with E-state index in [1.54, 1.807) is 0 Å². The maximum absolute atomic E-state index is 12.3. The van der Waals surface area contributed by atoms with Crippen LogP contribution in [0.2, 0.25) is 0 Å². The summed E-state index contributed by atoms with van der Waals surface area (Å²) in [6.45, 7) is 7.98. The zero-order valence-corrected chi connectivity index (χ0v) is 15.3. The first kappa shape index (κ1) is 20.3. The SMILES string of the molecule is CCC(CC)C(CNS(=O)(=O)N(C)CCC#N)N1CCOCC1. The first-order valence-electron chi connectivity index (χ1n) is 8.35. The van der Waals surface area contributed by atoms with Crippen LogP contribution in [0.1, 0.15) is 33.1 Å². The molecule has 0 aliphatic carbocycles. The van der Waals surface area contributed by atoms with E-state index >= 15 is 0 Å². The lowest BCUT2D eigenvalue weighted by molar-refractivity contribution is 0.00290. The molecule has 23 heavy (non-hydrogen) atoms. The lowest BCUT2D eigenvalue weighted by atomic mass is 9.92. The van der Waals surface area contributed by atoms with Gasteiger partial charge in [0, 0.05) is 45.7 Å². The number of ether oxygens (including phenoxy) is 1. The summed E-state index contributed by atoms with van der Waals surface area (Å²) in [4.78, 5) is 2.33. The molecule has 1 unspecified atom stereocenters. The van der Waals surface area contributed by atoms with E-state index in [1.165, 1.54) is 11.4 Å². The van der Waals surface area contributed by atoms with E-state index in [2.05, 4.69) is 23.5 Å². The number of morpholine rings is 1. The Morgan fingerprint density at radius 3 is 2.43 bits per heavy atom. The van der Waals surface area contributed by atoms with Crippen LogP contribution in [0.3, 0.4) is 0 Å². The monoisotopic (exact) mass is 346 g/mol. The van der Waals surface area contributed by atoms with Gasteiger partial charge in [0.2, 0.25) is 0 Å². The van der Waals surface area contributed by atoms with Crippen LogP contribution in [0.5, 0.6) is 0 Å². The highest BCUT2D eigenvalue weighted by Crippen LogP contribution is 2.20. The molecule has 0 amide bonds. The van der Waals surface area contributed by atoms with Crippen molar-refractivity contribution < 1.29 is 13.2 Å². The van der Waals surface area contributed by atoms with Crippen LogP contribution >= 0.6 is 0 Å². The van der Waals surface area contributed by atoms with Gasteiger partial charge in [0.05, 0.1) is 19.3 Å². The van der Waals surface area contributed by atoms with E-state index in [-0.39, 0.29) is 19.0 Å². The van der Waals surface area contributed by atoms with Gasteiger partial charge in [-0.15, -0.1) is 0 Å². The summed E-state index contributed by atoms with van der Waals surface area (Å²) >= 11 is 0. The highest BCUT2D eigenvalue weighted by Gasteiger charge is 2.29. The molecule has 0 bridgehead atoms. The van der Waals surface area contributed by atoms with Crippen molar-refractivity contribution in [2.45, 2.75) is 39.2 Å². The van der Waals surface area contributed by atoms with Crippen molar-refractivity contribution in [2.24, 2.45) is 5.92 Å². The Balaban J connectivity index is 2.71. The molecule has 134 valence electrons. The zero-order chi connectivity index (χ0) is 17.3. The van der Waals surface area contributed by atoms with Crippen LogP contribution < -0.4 is 4.72 Å². The Morgan fingerprint density at radius 2 is 1.91 bits per heavy atom. The van der Waals surface area contributed by atoms with Gasteiger partial charge < -0.3 is 4.74 Å². The summed E-state index contributed by atoms with van der Waals surface area (Å²) in [7, 11) is -2.04. The maximum atomic E-state index is 12.3. The average Bonchev–Trinajstić information content (AvgIpc) is 2.57. The van der Waals surface area contributed by atoms with Crippen molar-refractivity contribution in [3.8, 4) is 6.07 Å². The second kappa shape index (κ2) is 10.2.